The first-order valence-corrected chi connectivity index (χ1v) is 13.5. The second kappa shape index (κ2) is 11.0. The zero-order valence-corrected chi connectivity index (χ0v) is 22.9. The van der Waals surface area contributed by atoms with Gasteiger partial charge in [-0.05, 0) is 83.8 Å². The number of ether oxygens (including phenoxy) is 2. The summed E-state index contributed by atoms with van der Waals surface area (Å²) in [4.78, 5) is 11.7. The molecule has 1 saturated heterocycles. The topological polar surface area (TPSA) is 52.5 Å². The molecule has 1 fully saturated rings. The Morgan fingerprint density at radius 2 is 1.63 bits per heavy atom. The van der Waals surface area contributed by atoms with Crippen LogP contribution in [0.5, 0.6) is 5.75 Å². The van der Waals surface area contributed by atoms with Crippen LogP contribution in [0, 0.1) is 0 Å². The van der Waals surface area contributed by atoms with Crippen molar-refractivity contribution in [1.29, 1.82) is 0 Å². The van der Waals surface area contributed by atoms with Gasteiger partial charge in [-0.1, -0.05) is 57.2 Å². The van der Waals surface area contributed by atoms with Gasteiger partial charge in [0.1, 0.15) is 12.4 Å². The molecule has 0 amide bonds. The van der Waals surface area contributed by atoms with E-state index in [9.17, 15) is 4.79 Å². The fourth-order valence-corrected chi connectivity index (χ4v) is 5.31. The fraction of sp³-hybridized carbons (Fsp3) is 0.364. The number of aromatic nitrogens is 1. The van der Waals surface area contributed by atoms with Gasteiger partial charge in [-0.15, -0.1) is 0 Å². The number of carbonyl (C=O) groups is 1. The van der Waals surface area contributed by atoms with Crippen molar-refractivity contribution in [2.75, 3.05) is 20.2 Å². The summed E-state index contributed by atoms with van der Waals surface area (Å²) in [5.41, 5.74) is 6.98. The number of methoxy groups -OCH3 is 1. The second-order valence-electron chi connectivity index (χ2n) is 11.3. The van der Waals surface area contributed by atoms with E-state index >= 15 is 0 Å². The first-order chi connectivity index (χ1) is 18.3. The lowest BCUT2D eigenvalue weighted by molar-refractivity contribution is 0.0600. The molecule has 0 radical (unpaired) electrons. The molecule has 0 bridgehead atoms. The highest BCUT2D eigenvalue weighted by atomic mass is 16.5. The molecular formula is C33H38N2O3. The van der Waals surface area contributed by atoms with Crippen molar-refractivity contribution >= 4 is 16.9 Å². The van der Waals surface area contributed by atoms with Crippen molar-refractivity contribution in [2.24, 2.45) is 0 Å². The third-order valence-electron chi connectivity index (χ3n) is 7.62. The van der Waals surface area contributed by atoms with Crippen molar-refractivity contribution in [1.82, 2.24) is 9.88 Å². The van der Waals surface area contributed by atoms with Gasteiger partial charge in [0.05, 0.1) is 18.2 Å². The molecule has 1 aromatic heterocycles. The number of carbonyl (C=O) groups excluding carboxylic acids is 1. The summed E-state index contributed by atoms with van der Waals surface area (Å²) in [5, 5.41) is 4.82. The Morgan fingerprint density at radius 3 is 2.29 bits per heavy atom. The van der Waals surface area contributed by atoms with Crippen molar-refractivity contribution in [2.45, 2.75) is 58.1 Å². The van der Waals surface area contributed by atoms with Crippen LogP contribution in [0.15, 0.2) is 72.9 Å². The maximum atomic E-state index is 11.7. The molecule has 2 heterocycles. The number of fused-ring (bicyclic) bond motifs is 1. The molecule has 1 aliphatic rings. The van der Waals surface area contributed by atoms with E-state index in [-0.39, 0.29) is 11.4 Å². The van der Waals surface area contributed by atoms with Crippen LogP contribution in [-0.2, 0) is 23.3 Å². The molecule has 5 nitrogen and oxygen atoms in total. The summed E-state index contributed by atoms with van der Waals surface area (Å²) in [5.74, 6) is 1.08. The van der Waals surface area contributed by atoms with Gasteiger partial charge >= 0.3 is 5.97 Å². The van der Waals surface area contributed by atoms with Gasteiger partial charge in [-0.2, -0.15) is 0 Å². The summed E-state index contributed by atoms with van der Waals surface area (Å²) < 4.78 is 13.4. The molecule has 0 unspecified atom stereocenters. The van der Waals surface area contributed by atoms with Crippen molar-refractivity contribution in [3.05, 3.63) is 101 Å². The van der Waals surface area contributed by atoms with Gasteiger partial charge in [0.15, 0.2) is 0 Å². The molecule has 5 heteroatoms. The quantitative estimate of drug-likeness (QED) is 0.277. The van der Waals surface area contributed by atoms with Crippen LogP contribution in [-0.4, -0.2) is 30.7 Å². The van der Waals surface area contributed by atoms with E-state index in [2.05, 4.69) is 79.3 Å². The maximum absolute atomic E-state index is 11.7. The van der Waals surface area contributed by atoms with E-state index in [0.29, 0.717) is 18.1 Å². The third kappa shape index (κ3) is 5.78. The van der Waals surface area contributed by atoms with Crippen LogP contribution in [0.3, 0.4) is 0 Å². The van der Waals surface area contributed by atoms with Gasteiger partial charge in [0.25, 0.3) is 0 Å². The highest BCUT2D eigenvalue weighted by Gasteiger charge is 2.21. The Bertz CT molecular complexity index is 1390. The summed E-state index contributed by atoms with van der Waals surface area (Å²) in [7, 11) is 1.39. The summed E-state index contributed by atoms with van der Waals surface area (Å²) in [6, 6.07) is 22.9. The zero-order chi connectivity index (χ0) is 26.7. The van der Waals surface area contributed by atoms with Gasteiger partial charge in [-0.3, -0.25) is 0 Å². The standard InChI is InChI=1S/C33H38N2O3/c1-33(2,3)27-11-7-23(8-12-27)20-35-21-30(25-15-17-34-18-16-25)29-14-13-28(19-31(29)35)38-22-24-5-9-26(10-6-24)32(36)37-4/h5-14,19,21,25,34H,15-18,20,22H2,1-4H3. The summed E-state index contributed by atoms with van der Waals surface area (Å²) >= 11 is 0. The van der Waals surface area contributed by atoms with E-state index in [1.54, 1.807) is 12.1 Å². The molecule has 0 atom stereocenters. The molecule has 198 valence electrons. The highest BCUT2D eigenvalue weighted by molar-refractivity contribution is 5.89. The lowest BCUT2D eigenvalue weighted by Gasteiger charge is -2.22. The molecule has 0 saturated carbocycles. The normalized spacial score (nSPS) is 14.5. The number of nitrogens with one attached hydrogen (secondary N) is 1. The van der Waals surface area contributed by atoms with E-state index < -0.39 is 0 Å². The van der Waals surface area contributed by atoms with Crippen molar-refractivity contribution in [3.63, 3.8) is 0 Å². The lowest BCUT2D eigenvalue weighted by Crippen LogP contribution is -2.26. The number of rotatable bonds is 7. The molecular weight excluding hydrogens is 472 g/mol. The number of hydrogen-bond donors (Lipinski definition) is 1. The SMILES string of the molecule is COC(=O)c1ccc(COc2ccc3c(C4CCNCC4)cn(Cc4ccc(C(C)(C)C)cc4)c3c2)cc1. The average molecular weight is 511 g/mol. The first-order valence-electron chi connectivity index (χ1n) is 13.5. The monoisotopic (exact) mass is 510 g/mol. The van der Waals surface area contributed by atoms with Crippen LogP contribution >= 0.6 is 0 Å². The van der Waals surface area contributed by atoms with Gasteiger partial charge in [-0.25, -0.2) is 4.79 Å². The minimum absolute atomic E-state index is 0.146. The Labute approximate surface area is 225 Å². The Balaban J connectivity index is 1.41. The van der Waals surface area contributed by atoms with E-state index in [0.717, 1.165) is 30.9 Å². The number of benzene rings is 3. The largest absolute Gasteiger partial charge is 0.489 e. The molecule has 38 heavy (non-hydrogen) atoms. The highest BCUT2D eigenvalue weighted by Crippen LogP contribution is 2.35. The minimum atomic E-state index is -0.332. The van der Waals surface area contributed by atoms with Gasteiger partial charge < -0.3 is 19.4 Å². The van der Waals surface area contributed by atoms with E-state index in [1.807, 2.05) is 12.1 Å². The third-order valence-corrected chi connectivity index (χ3v) is 7.62. The summed E-state index contributed by atoms with van der Waals surface area (Å²) in [6.07, 6.45) is 4.70. The van der Waals surface area contributed by atoms with Crippen LogP contribution in [0.25, 0.3) is 10.9 Å². The van der Waals surface area contributed by atoms with Crippen LogP contribution in [0.4, 0.5) is 0 Å². The number of piperidine rings is 1. The van der Waals surface area contributed by atoms with Crippen LogP contribution in [0.2, 0.25) is 0 Å². The summed E-state index contributed by atoms with van der Waals surface area (Å²) in [6.45, 7) is 10.2. The maximum Gasteiger partial charge on any atom is 0.337 e. The number of nitrogens with zero attached hydrogens (tertiary/aromatic N) is 1. The molecule has 3 aromatic carbocycles. The van der Waals surface area contributed by atoms with Crippen molar-refractivity contribution < 1.29 is 14.3 Å². The van der Waals surface area contributed by atoms with Gasteiger partial charge in [0, 0.05) is 24.2 Å². The van der Waals surface area contributed by atoms with E-state index in [1.165, 1.54) is 47.5 Å². The smallest absolute Gasteiger partial charge is 0.337 e. The van der Waals surface area contributed by atoms with Crippen LogP contribution < -0.4 is 10.1 Å². The molecule has 5 rings (SSSR count). The predicted octanol–water partition coefficient (Wildman–Crippen LogP) is 6.82. The van der Waals surface area contributed by atoms with Gasteiger partial charge in [0.2, 0.25) is 0 Å². The fourth-order valence-electron chi connectivity index (χ4n) is 5.31. The molecule has 0 aliphatic carbocycles. The molecule has 1 aliphatic heterocycles. The average Bonchev–Trinajstić information content (AvgIpc) is 3.29. The predicted molar refractivity (Wildman–Crippen MR) is 153 cm³/mol. The van der Waals surface area contributed by atoms with Crippen molar-refractivity contribution in [3.8, 4) is 5.75 Å². The Hall–Kier alpha value is -3.57. The van der Waals surface area contributed by atoms with Crippen LogP contribution in [0.1, 0.15) is 72.1 Å². The minimum Gasteiger partial charge on any atom is -0.489 e. The number of esters is 1. The Kier molecular flexibility index (Phi) is 7.57. The molecule has 4 aromatic rings. The molecule has 0 spiro atoms. The molecule has 1 N–H and O–H groups in total. The lowest BCUT2D eigenvalue weighted by atomic mass is 9.87. The Morgan fingerprint density at radius 1 is 0.947 bits per heavy atom. The van der Waals surface area contributed by atoms with E-state index in [4.69, 9.17) is 9.47 Å². The number of hydrogen-bond acceptors (Lipinski definition) is 4. The second-order valence-corrected chi connectivity index (χ2v) is 11.3. The zero-order valence-electron chi connectivity index (χ0n) is 22.9. The first kappa shape index (κ1) is 26.1.